The van der Waals surface area contributed by atoms with Gasteiger partial charge in [0.05, 0.1) is 19.8 Å². The number of carbonyl (C=O) groups excluding carboxylic acids is 1. The van der Waals surface area contributed by atoms with Crippen LogP contribution in [0.4, 0.5) is 0 Å². The average molecular weight is 274 g/mol. The molecule has 0 bridgehead atoms. The molecule has 0 radical (unpaired) electrons. The first kappa shape index (κ1) is 13.1. The van der Waals surface area contributed by atoms with Gasteiger partial charge in [-0.15, -0.1) is 0 Å². The summed E-state index contributed by atoms with van der Waals surface area (Å²) in [6.07, 6.45) is 0. The predicted octanol–water partition coefficient (Wildman–Crippen LogP) is 1.14. The molecule has 1 amide bonds. The topological polar surface area (TPSA) is 54.7 Å². The number of amides is 1. The number of rotatable bonds is 2. The average Bonchev–Trinajstić information content (AvgIpc) is 2.83. The number of aliphatic hydroxyl groups excluding tert-OH is 1. The van der Waals surface area contributed by atoms with Crippen LogP contribution in [0, 0.1) is 0 Å². The molecule has 0 aliphatic carbocycles. The summed E-state index contributed by atoms with van der Waals surface area (Å²) in [6, 6.07) is 7.60. The van der Waals surface area contributed by atoms with E-state index >= 15 is 0 Å². The van der Waals surface area contributed by atoms with Crippen LogP contribution in [0.1, 0.15) is 16.1 Å². The summed E-state index contributed by atoms with van der Waals surface area (Å²) in [5, 5.41) is 10.3. The first-order valence-electron chi connectivity index (χ1n) is 6.77. The Hall–Kier alpha value is -1.85. The maximum absolute atomic E-state index is 12.4. The molecule has 2 heterocycles. The van der Waals surface area contributed by atoms with Crippen LogP contribution in [-0.4, -0.2) is 46.8 Å². The largest absolute Gasteiger partial charge is 0.390 e. The number of nitrogens with zero attached hydrogens (tertiary/aromatic N) is 2. The lowest BCUT2D eigenvalue weighted by Crippen LogP contribution is -2.40. The van der Waals surface area contributed by atoms with Gasteiger partial charge in [0, 0.05) is 42.3 Å². The molecule has 20 heavy (non-hydrogen) atoms. The zero-order valence-corrected chi connectivity index (χ0v) is 11.5. The summed E-state index contributed by atoms with van der Waals surface area (Å²) in [7, 11) is 1.91. The van der Waals surface area contributed by atoms with Gasteiger partial charge in [-0.05, 0) is 24.3 Å². The third-order valence-electron chi connectivity index (χ3n) is 3.85. The van der Waals surface area contributed by atoms with E-state index in [4.69, 9.17) is 4.74 Å². The van der Waals surface area contributed by atoms with Gasteiger partial charge in [-0.3, -0.25) is 4.79 Å². The van der Waals surface area contributed by atoms with Crippen molar-refractivity contribution in [1.82, 2.24) is 9.47 Å². The van der Waals surface area contributed by atoms with Gasteiger partial charge >= 0.3 is 0 Å². The van der Waals surface area contributed by atoms with E-state index in [0.717, 1.165) is 16.6 Å². The number of carbonyl (C=O) groups is 1. The minimum atomic E-state index is -0.00206. The minimum absolute atomic E-state index is 0.00206. The van der Waals surface area contributed by atoms with Crippen molar-refractivity contribution in [2.75, 3.05) is 26.3 Å². The summed E-state index contributed by atoms with van der Waals surface area (Å²) in [5.74, 6) is 0.0459. The second-order valence-corrected chi connectivity index (χ2v) is 5.03. The van der Waals surface area contributed by atoms with E-state index in [9.17, 15) is 9.90 Å². The Balaban J connectivity index is 1.94. The Labute approximate surface area is 117 Å². The highest BCUT2D eigenvalue weighted by molar-refractivity contribution is 5.98. The lowest BCUT2D eigenvalue weighted by molar-refractivity contribution is 0.0303. The van der Waals surface area contributed by atoms with Gasteiger partial charge in [-0.2, -0.15) is 0 Å². The number of ether oxygens (including phenoxy) is 1. The molecule has 0 spiro atoms. The monoisotopic (exact) mass is 274 g/mol. The summed E-state index contributed by atoms with van der Waals surface area (Å²) in [5.41, 5.74) is 2.55. The van der Waals surface area contributed by atoms with Gasteiger partial charge < -0.3 is 19.3 Å². The molecule has 5 nitrogen and oxygen atoms in total. The number of benzene rings is 1. The first-order valence-corrected chi connectivity index (χ1v) is 6.77. The second kappa shape index (κ2) is 5.26. The van der Waals surface area contributed by atoms with Crippen molar-refractivity contribution in [3.63, 3.8) is 0 Å². The van der Waals surface area contributed by atoms with E-state index in [1.54, 1.807) is 0 Å². The molecule has 3 rings (SSSR count). The SMILES string of the molecule is Cn1c(CO)cc2cc(C(=O)N3CCOCC3)ccc21. The zero-order valence-electron chi connectivity index (χ0n) is 11.5. The quantitative estimate of drug-likeness (QED) is 0.893. The first-order chi connectivity index (χ1) is 9.70. The molecule has 0 atom stereocenters. The standard InChI is InChI=1S/C15H18N2O3/c1-16-13(10-18)9-12-8-11(2-3-14(12)16)15(19)17-4-6-20-7-5-17/h2-3,8-9,18H,4-7,10H2,1H3. The number of aryl methyl sites for hydroxylation is 1. The van der Waals surface area contributed by atoms with E-state index in [1.807, 2.05) is 40.8 Å². The number of fused-ring (bicyclic) bond motifs is 1. The van der Waals surface area contributed by atoms with E-state index in [1.165, 1.54) is 0 Å². The van der Waals surface area contributed by atoms with Gasteiger partial charge in [-0.1, -0.05) is 0 Å². The van der Waals surface area contributed by atoms with Crippen molar-refractivity contribution in [2.24, 2.45) is 7.05 Å². The molecule has 1 aromatic heterocycles. The van der Waals surface area contributed by atoms with Crippen LogP contribution in [0.15, 0.2) is 24.3 Å². The van der Waals surface area contributed by atoms with Crippen molar-refractivity contribution in [3.05, 3.63) is 35.5 Å². The van der Waals surface area contributed by atoms with Crippen molar-refractivity contribution in [3.8, 4) is 0 Å². The molecule has 2 aromatic rings. The maximum atomic E-state index is 12.4. The normalized spacial score (nSPS) is 15.8. The second-order valence-electron chi connectivity index (χ2n) is 5.03. The fourth-order valence-electron chi connectivity index (χ4n) is 2.64. The number of hydrogen-bond donors (Lipinski definition) is 1. The van der Waals surface area contributed by atoms with Crippen LogP contribution in [0.25, 0.3) is 10.9 Å². The van der Waals surface area contributed by atoms with Crippen molar-refractivity contribution >= 4 is 16.8 Å². The Kier molecular flexibility index (Phi) is 3.46. The van der Waals surface area contributed by atoms with Gasteiger partial charge in [-0.25, -0.2) is 0 Å². The van der Waals surface area contributed by atoms with E-state index in [0.29, 0.717) is 31.9 Å². The molecule has 1 N–H and O–H groups in total. The van der Waals surface area contributed by atoms with Gasteiger partial charge in [0.2, 0.25) is 0 Å². The third-order valence-corrected chi connectivity index (χ3v) is 3.85. The van der Waals surface area contributed by atoms with Crippen molar-refractivity contribution < 1.29 is 14.6 Å². The Morgan fingerprint density at radius 3 is 2.75 bits per heavy atom. The molecular formula is C15H18N2O3. The molecule has 1 aliphatic rings. The maximum Gasteiger partial charge on any atom is 0.254 e. The van der Waals surface area contributed by atoms with Crippen LogP contribution in [0.5, 0.6) is 0 Å². The number of hydrogen-bond acceptors (Lipinski definition) is 3. The van der Waals surface area contributed by atoms with E-state index < -0.39 is 0 Å². The molecule has 1 aromatic carbocycles. The molecular weight excluding hydrogens is 256 g/mol. The lowest BCUT2D eigenvalue weighted by Gasteiger charge is -2.26. The van der Waals surface area contributed by atoms with Crippen LogP contribution in [0.2, 0.25) is 0 Å². The fourth-order valence-corrected chi connectivity index (χ4v) is 2.64. The molecule has 1 fully saturated rings. The highest BCUT2D eigenvalue weighted by Crippen LogP contribution is 2.21. The summed E-state index contributed by atoms with van der Waals surface area (Å²) in [4.78, 5) is 14.2. The fraction of sp³-hybridized carbons (Fsp3) is 0.400. The third kappa shape index (κ3) is 2.19. The van der Waals surface area contributed by atoms with E-state index in [2.05, 4.69) is 0 Å². The molecule has 106 valence electrons. The van der Waals surface area contributed by atoms with Crippen molar-refractivity contribution in [2.45, 2.75) is 6.61 Å². The van der Waals surface area contributed by atoms with Crippen LogP contribution >= 0.6 is 0 Å². The van der Waals surface area contributed by atoms with Gasteiger partial charge in [0.25, 0.3) is 5.91 Å². The number of aliphatic hydroxyl groups is 1. The lowest BCUT2D eigenvalue weighted by atomic mass is 10.1. The van der Waals surface area contributed by atoms with Crippen molar-refractivity contribution in [1.29, 1.82) is 0 Å². The molecule has 1 aliphatic heterocycles. The van der Waals surface area contributed by atoms with Gasteiger partial charge in [0.15, 0.2) is 0 Å². The number of morpholine rings is 1. The summed E-state index contributed by atoms with van der Waals surface area (Å²) < 4.78 is 7.21. The summed E-state index contributed by atoms with van der Waals surface area (Å²) >= 11 is 0. The summed E-state index contributed by atoms with van der Waals surface area (Å²) in [6.45, 7) is 2.50. The number of aromatic nitrogens is 1. The molecule has 0 unspecified atom stereocenters. The smallest absolute Gasteiger partial charge is 0.254 e. The van der Waals surface area contributed by atoms with Crippen LogP contribution < -0.4 is 0 Å². The molecule has 0 saturated carbocycles. The zero-order chi connectivity index (χ0) is 14.1. The van der Waals surface area contributed by atoms with E-state index in [-0.39, 0.29) is 12.5 Å². The Morgan fingerprint density at radius 2 is 2.05 bits per heavy atom. The highest BCUT2D eigenvalue weighted by Gasteiger charge is 2.19. The van der Waals surface area contributed by atoms with Gasteiger partial charge in [0.1, 0.15) is 0 Å². The predicted molar refractivity (Wildman–Crippen MR) is 75.6 cm³/mol. The Morgan fingerprint density at radius 1 is 1.30 bits per heavy atom. The van der Waals surface area contributed by atoms with Crippen LogP contribution in [0.3, 0.4) is 0 Å². The minimum Gasteiger partial charge on any atom is -0.390 e. The Bertz CT molecular complexity index is 642. The molecule has 1 saturated heterocycles. The highest BCUT2D eigenvalue weighted by atomic mass is 16.5. The molecule has 5 heteroatoms. The van der Waals surface area contributed by atoms with Crippen LogP contribution in [-0.2, 0) is 18.4 Å².